The summed E-state index contributed by atoms with van der Waals surface area (Å²) in [7, 11) is 0. The smallest absolute Gasteiger partial charge is 0.257 e. The molecule has 1 aromatic heterocycles. The van der Waals surface area contributed by atoms with Gasteiger partial charge in [-0.25, -0.2) is 4.68 Å². The first kappa shape index (κ1) is 17.9. The van der Waals surface area contributed by atoms with Crippen molar-refractivity contribution in [3.05, 3.63) is 76.5 Å². The van der Waals surface area contributed by atoms with Crippen LogP contribution in [0.1, 0.15) is 10.4 Å². The van der Waals surface area contributed by atoms with Gasteiger partial charge in [0.1, 0.15) is 0 Å². The maximum Gasteiger partial charge on any atom is 0.257 e. The van der Waals surface area contributed by atoms with E-state index in [0.29, 0.717) is 23.7 Å². The lowest BCUT2D eigenvalue weighted by Crippen LogP contribution is -2.48. The molecular formula is C20H18Cl2N4O. The molecule has 138 valence electrons. The summed E-state index contributed by atoms with van der Waals surface area (Å²) in [5, 5.41) is 5.62. The number of benzene rings is 2. The molecule has 4 rings (SSSR count). The highest BCUT2D eigenvalue weighted by molar-refractivity contribution is 6.33. The highest BCUT2D eigenvalue weighted by atomic mass is 35.5. The predicted molar refractivity (Wildman–Crippen MR) is 108 cm³/mol. The molecule has 1 fully saturated rings. The molecule has 0 unspecified atom stereocenters. The molecule has 0 bridgehead atoms. The molecule has 1 aliphatic heterocycles. The van der Waals surface area contributed by atoms with E-state index >= 15 is 0 Å². The van der Waals surface area contributed by atoms with E-state index in [9.17, 15) is 4.79 Å². The normalized spacial score (nSPS) is 14.4. The molecule has 1 saturated heterocycles. The minimum absolute atomic E-state index is 0.0212. The minimum Gasteiger partial charge on any atom is -0.367 e. The first-order valence-corrected chi connectivity index (χ1v) is 9.47. The Kier molecular flexibility index (Phi) is 5.05. The lowest BCUT2D eigenvalue weighted by Gasteiger charge is -2.36. The van der Waals surface area contributed by atoms with E-state index in [1.807, 2.05) is 47.4 Å². The van der Waals surface area contributed by atoms with Gasteiger partial charge in [-0.3, -0.25) is 4.79 Å². The van der Waals surface area contributed by atoms with Gasteiger partial charge in [0.15, 0.2) is 0 Å². The van der Waals surface area contributed by atoms with Crippen LogP contribution in [0, 0.1) is 0 Å². The van der Waals surface area contributed by atoms with E-state index in [1.165, 1.54) is 0 Å². The molecule has 0 aliphatic carbocycles. The molecule has 27 heavy (non-hydrogen) atoms. The maximum absolute atomic E-state index is 12.8. The molecule has 1 amide bonds. The Labute approximate surface area is 167 Å². The zero-order valence-corrected chi connectivity index (χ0v) is 16.1. The number of carbonyl (C=O) groups is 1. The summed E-state index contributed by atoms with van der Waals surface area (Å²) in [6.45, 7) is 2.77. The van der Waals surface area contributed by atoms with Crippen LogP contribution in [-0.2, 0) is 0 Å². The number of hydrogen-bond donors (Lipinski definition) is 0. The van der Waals surface area contributed by atoms with Crippen LogP contribution in [0.2, 0.25) is 10.0 Å². The predicted octanol–water partition coefficient (Wildman–Crippen LogP) is 4.14. The van der Waals surface area contributed by atoms with Crippen LogP contribution in [0.5, 0.6) is 0 Å². The zero-order valence-electron chi connectivity index (χ0n) is 14.6. The molecule has 2 heterocycles. The number of para-hydroxylation sites is 2. The summed E-state index contributed by atoms with van der Waals surface area (Å²) < 4.78 is 1.63. The second-order valence-electron chi connectivity index (χ2n) is 6.36. The molecule has 0 N–H and O–H groups in total. The Morgan fingerprint density at radius 3 is 2.07 bits per heavy atom. The quantitative estimate of drug-likeness (QED) is 0.663. The topological polar surface area (TPSA) is 41.4 Å². The number of halogens is 2. The van der Waals surface area contributed by atoms with Gasteiger partial charge in [-0.2, -0.15) is 5.10 Å². The molecule has 0 atom stereocenters. The number of rotatable bonds is 3. The number of amides is 1. The van der Waals surface area contributed by atoms with E-state index in [1.54, 1.807) is 23.1 Å². The fourth-order valence-electron chi connectivity index (χ4n) is 3.24. The summed E-state index contributed by atoms with van der Waals surface area (Å²) in [4.78, 5) is 16.9. The van der Waals surface area contributed by atoms with Gasteiger partial charge >= 0.3 is 0 Å². The average Bonchev–Trinajstić information content (AvgIpc) is 3.18. The maximum atomic E-state index is 12.8. The molecule has 0 saturated carbocycles. The van der Waals surface area contributed by atoms with Gasteiger partial charge in [0.2, 0.25) is 0 Å². The van der Waals surface area contributed by atoms with Gasteiger partial charge in [-0.1, -0.05) is 47.5 Å². The molecule has 7 heteroatoms. The van der Waals surface area contributed by atoms with Crippen LogP contribution in [-0.4, -0.2) is 46.8 Å². The molecule has 3 aromatic rings. The van der Waals surface area contributed by atoms with Crippen LogP contribution in [0.25, 0.3) is 5.69 Å². The van der Waals surface area contributed by atoms with Gasteiger partial charge in [-0.05, 0) is 24.3 Å². The Bertz CT molecular complexity index is 964. The summed E-state index contributed by atoms with van der Waals surface area (Å²) in [6.07, 6.45) is 3.32. The number of anilines is 1. The van der Waals surface area contributed by atoms with Crippen LogP contribution in [0.15, 0.2) is 60.9 Å². The molecule has 5 nitrogen and oxygen atoms in total. The SMILES string of the molecule is O=C(c1cnn(-c2ccccc2Cl)c1)N1CCN(c2ccccc2Cl)CC1. The first-order chi connectivity index (χ1) is 13.1. The average molecular weight is 401 g/mol. The summed E-state index contributed by atoms with van der Waals surface area (Å²) in [5.41, 5.74) is 2.32. The number of hydrogen-bond acceptors (Lipinski definition) is 3. The zero-order chi connectivity index (χ0) is 18.8. The van der Waals surface area contributed by atoms with Gasteiger partial charge in [0.05, 0.1) is 33.2 Å². The van der Waals surface area contributed by atoms with Gasteiger partial charge in [0, 0.05) is 32.4 Å². The summed E-state index contributed by atoms with van der Waals surface area (Å²) >= 11 is 12.5. The molecule has 0 radical (unpaired) electrons. The van der Waals surface area contributed by atoms with Crippen LogP contribution < -0.4 is 4.90 Å². The van der Waals surface area contributed by atoms with Crippen molar-refractivity contribution >= 4 is 34.8 Å². The lowest BCUT2D eigenvalue weighted by molar-refractivity contribution is 0.0747. The Balaban J connectivity index is 1.44. The van der Waals surface area contributed by atoms with Crippen molar-refractivity contribution in [1.29, 1.82) is 0 Å². The summed E-state index contributed by atoms with van der Waals surface area (Å²) in [6, 6.07) is 15.2. The van der Waals surface area contributed by atoms with Crippen LogP contribution in [0.3, 0.4) is 0 Å². The van der Waals surface area contributed by atoms with Gasteiger partial charge < -0.3 is 9.80 Å². The number of nitrogens with zero attached hydrogens (tertiary/aromatic N) is 4. The van der Waals surface area contributed by atoms with E-state index in [-0.39, 0.29) is 5.91 Å². The standard InChI is InChI=1S/C20H18Cl2N4O/c21-16-5-1-3-7-18(16)24-9-11-25(12-10-24)20(27)15-13-23-26(14-15)19-8-4-2-6-17(19)22/h1-8,13-14H,9-12H2. The van der Waals surface area contributed by atoms with Crippen LogP contribution >= 0.6 is 23.2 Å². The highest BCUT2D eigenvalue weighted by Gasteiger charge is 2.24. The number of piperazine rings is 1. The third-order valence-corrected chi connectivity index (χ3v) is 5.33. The Morgan fingerprint density at radius 1 is 0.852 bits per heavy atom. The number of aromatic nitrogens is 2. The third kappa shape index (κ3) is 3.66. The van der Waals surface area contributed by atoms with Crippen LogP contribution in [0.4, 0.5) is 5.69 Å². The fraction of sp³-hybridized carbons (Fsp3) is 0.200. The third-order valence-electron chi connectivity index (χ3n) is 4.69. The lowest BCUT2D eigenvalue weighted by atomic mass is 10.2. The monoisotopic (exact) mass is 400 g/mol. The Morgan fingerprint density at radius 2 is 1.44 bits per heavy atom. The minimum atomic E-state index is -0.0212. The van der Waals surface area contributed by atoms with Crippen molar-refractivity contribution in [2.24, 2.45) is 0 Å². The largest absolute Gasteiger partial charge is 0.367 e. The molecule has 2 aromatic carbocycles. The molecular weight excluding hydrogens is 383 g/mol. The first-order valence-electron chi connectivity index (χ1n) is 8.72. The van der Waals surface area contributed by atoms with Crippen molar-refractivity contribution in [1.82, 2.24) is 14.7 Å². The highest BCUT2D eigenvalue weighted by Crippen LogP contribution is 2.26. The second kappa shape index (κ2) is 7.62. The van der Waals surface area contributed by atoms with Crippen molar-refractivity contribution < 1.29 is 4.79 Å². The van der Waals surface area contributed by atoms with Crippen molar-refractivity contribution in [2.75, 3.05) is 31.1 Å². The van der Waals surface area contributed by atoms with Gasteiger partial charge in [0.25, 0.3) is 5.91 Å². The van der Waals surface area contributed by atoms with Crippen molar-refractivity contribution in [3.8, 4) is 5.69 Å². The van der Waals surface area contributed by atoms with E-state index in [0.717, 1.165) is 29.5 Å². The van der Waals surface area contributed by atoms with Gasteiger partial charge in [-0.15, -0.1) is 0 Å². The van der Waals surface area contributed by atoms with E-state index in [2.05, 4.69) is 10.00 Å². The van der Waals surface area contributed by atoms with E-state index in [4.69, 9.17) is 23.2 Å². The Hall–Kier alpha value is -2.50. The van der Waals surface area contributed by atoms with E-state index < -0.39 is 0 Å². The second-order valence-corrected chi connectivity index (χ2v) is 7.17. The van der Waals surface area contributed by atoms with Crippen molar-refractivity contribution in [2.45, 2.75) is 0 Å². The summed E-state index contributed by atoms with van der Waals surface area (Å²) in [5.74, 6) is -0.0212. The molecule has 1 aliphatic rings. The molecule has 0 spiro atoms. The number of carbonyl (C=O) groups excluding carboxylic acids is 1. The fourth-order valence-corrected chi connectivity index (χ4v) is 3.72. The van der Waals surface area contributed by atoms with Crippen molar-refractivity contribution in [3.63, 3.8) is 0 Å².